The molecule has 0 saturated heterocycles. The summed E-state index contributed by atoms with van der Waals surface area (Å²) < 4.78 is 0. The van der Waals surface area contributed by atoms with Crippen LogP contribution in [0.5, 0.6) is 0 Å². The molecular formula is C11H21N. The minimum atomic E-state index is 0.460. The Balaban J connectivity index is 3.41. The maximum atomic E-state index is 5.22. The molecule has 0 spiro atoms. The molecule has 0 radical (unpaired) electrons. The quantitative estimate of drug-likeness (QED) is 0.599. The van der Waals surface area contributed by atoms with Crippen molar-refractivity contribution >= 4 is 0 Å². The molecule has 1 nitrogen and oxygen atoms in total. The van der Waals surface area contributed by atoms with Gasteiger partial charge in [0.1, 0.15) is 0 Å². The second-order valence-corrected chi connectivity index (χ2v) is 3.52. The predicted molar refractivity (Wildman–Crippen MR) is 55.0 cm³/mol. The highest BCUT2D eigenvalue weighted by Crippen LogP contribution is 2.01. The summed E-state index contributed by atoms with van der Waals surface area (Å²) in [6, 6.07) is 1.06. The lowest BCUT2D eigenvalue weighted by molar-refractivity contribution is 0.440. The molecule has 0 fully saturated rings. The van der Waals surface area contributed by atoms with Crippen LogP contribution in [0, 0.1) is 12.3 Å². The van der Waals surface area contributed by atoms with Crippen molar-refractivity contribution in [1.29, 1.82) is 0 Å². The molecule has 12 heavy (non-hydrogen) atoms. The monoisotopic (exact) mass is 167 g/mol. The predicted octanol–water partition coefficient (Wildman–Crippen LogP) is 2.57. The van der Waals surface area contributed by atoms with Crippen molar-refractivity contribution in [2.24, 2.45) is 0 Å². The zero-order valence-electron chi connectivity index (χ0n) is 8.56. The van der Waals surface area contributed by atoms with Crippen LogP contribution in [0.4, 0.5) is 0 Å². The van der Waals surface area contributed by atoms with Gasteiger partial charge in [0.15, 0.2) is 0 Å². The third-order valence-electron chi connectivity index (χ3n) is 1.98. The number of terminal acetylenes is 1. The van der Waals surface area contributed by atoms with Crippen LogP contribution in [-0.4, -0.2) is 12.1 Å². The Morgan fingerprint density at radius 1 is 1.33 bits per heavy atom. The topological polar surface area (TPSA) is 12.0 Å². The van der Waals surface area contributed by atoms with Gasteiger partial charge in [0.25, 0.3) is 0 Å². The van der Waals surface area contributed by atoms with Crippen molar-refractivity contribution < 1.29 is 0 Å². The minimum absolute atomic E-state index is 0.460. The second kappa shape index (κ2) is 7.18. The van der Waals surface area contributed by atoms with Crippen LogP contribution in [-0.2, 0) is 0 Å². The average Bonchev–Trinajstić information content (AvgIpc) is 2.01. The van der Waals surface area contributed by atoms with E-state index in [-0.39, 0.29) is 0 Å². The summed E-state index contributed by atoms with van der Waals surface area (Å²) in [6.07, 6.45) is 9.88. The lowest BCUT2D eigenvalue weighted by Crippen LogP contribution is -2.34. The van der Waals surface area contributed by atoms with Gasteiger partial charge in [-0.2, -0.15) is 0 Å². The maximum absolute atomic E-state index is 5.22. The molecule has 2 unspecified atom stereocenters. The van der Waals surface area contributed by atoms with Crippen molar-refractivity contribution in [3.05, 3.63) is 0 Å². The van der Waals surface area contributed by atoms with Crippen molar-refractivity contribution in [1.82, 2.24) is 5.32 Å². The van der Waals surface area contributed by atoms with E-state index in [1.807, 2.05) is 0 Å². The molecular weight excluding hydrogens is 146 g/mol. The molecule has 0 aromatic heterocycles. The van der Waals surface area contributed by atoms with E-state index in [9.17, 15) is 0 Å². The van der Waals surface area contributed by atoms with E-state index in [0.717, 1.165) is 6.42 Å². The van der Waals surface area contributed by atoms with Gasteiger partial charge in [0, 0.05) is 18.5 Å². The Morgan fingerprint density at radius 2 is 2.00 bits per heavy atom. The Morgan fingerprint density at radius 3 is 2.50 bits per heavy atom. The fourth-order valence-corrected chi connectivity index (χ4v) is 1.32. The lowest BCUT2D eigenvalue weighted by atomic mass is 10.1. The molecule has 0 aliphatic heterocycles. The van der Waals surface area contributed by atoms with E-state index < -0.39 is 0 Å². The fraction of sp³-hybridized carbons (Fsp3) is 0.818. The number of hydrogen-bond acceptors (Lipinski definition) is 1. The first-order chi connectivity index (χ1) is 5.70. The normalized spacial score (nSPS) is 15.2. The van der Waals surface area contributed by atoms with E-state index >= 15 is 0 Å². The average molecular weight is 167 g/mol. The van der Waals surface area contributed by atoms with E-state index in [1.54, 1.807) is 0 Å². The molecule has 0 aromatic carbocycles. The number of hydrogen-bond donors (Lipinski definition) is 1. The summed E-state index contributed by atoms with van der Waals surface area (Å²) in [5.41, 5.74) is 0. The van der Waals surface area contributed by atoms with Gasteiger partial charge in [0.05, 0.1) is 0 Å². The van der Waals surface area contributed by atoms with Gasteiger partial charge in [-0.05, 0) is 20.3 Å². The number of nitrogens with one attached hydrogen (secondary N) is 1. The molecule has 70 valence electrons. The van der Waals surface area contributed by atoms with Crippen LogP contribution in [0.2, 0.25) is 0 Å². The smallest absolute Gasteiger partial charge is 0.0238 e. The van der Waals surface area contributed by atoms with Gasteiger partial charge in [0.2, 0.25) is 0 Å². The minimum Gasteiger partial charge on any atom is -0.311 e. The molecule has 0 aliphatic rings. The highest BCUT2D eigenvalue weighted by atomic mass is 14.9. The van der Waals surface area contributed by atoms with Crippen LogP contribution in [0.1, 0.15) is 46.5 Å². The van der Waals surface area contributed by atoms with Crippen molar-refractivity contribution in [2.45, 2.75) is 58.5 Å². The van der Waals surface area contributed by atoms with Crippen molar-refractivity contribution in [3.8, 4) is 12.3 Å². The molecule has 2 atom stereocenters. The second-order valence-electron chi connectivity index (χ2n) is 3.52. The first kappa shape index (κ1) is 11.5. The Hall–Kier alpha value is -0.480. The van der Waals surface area contributed by atoms with E-state index in [4.69, 9.17) is 6.42 Å². The third kappa shape index (κ3) is 6.24. The van der Waals surface area contributed by atoms with E-state index in [1.165, 1.54) is 19.3 Å². The zero-order valence-corrected chi connectivity index (χ0v) is 8.56. The maximum Gasteiger partial charge on any atom is 0.0238 e. The van der Waals surface area contributed by atoms with E-state index in [2.05, 4.69) is 32.0 Å². The summed E-state index contributed by atoms with van der Waals surface area (Å²) in [5, 5.41) is 3.47. The van der Waals surface area contributed by atoms with Crippen LogP contribution in [0.15, 0.2) is 0 Å². The molecule has 0 aliphatic carbocycles. The standard InChI is InChI=1S/C11H21N/c1-5-7-9-11(4)12-10(3)8-6-2/h2,10-12H,5,7-9H2,1,3-4H3. The zero-order chi connectivity index (χ0) is 9.40. The van der Waals surface area contributed by atoms with Gasteiger partial charge in [-0.15, -0.1) is 12.3 Å². The van der Waals surface area contributed by atoms with Crippen molar-refractivity contribution in [3.63, 3.8) is 0 Å². The van der Waals surface area contributed by atoms with Crippen molar-refractivity contribution in [2.75, 3.05) is 0 Å². The van der Waals surface area contributed by atoms with Gasteiger partial charge in [-0.1, -0.05) is 19.8 Å². The van der Waals surface area contributed by atoms with Gasteiger partial charge < -0.3 is 5.32 Å². The summed E-state index contributed by atoms with van der Waals surface area (Å²) in [4.78, 5) is 0. The van der Waals surface area contributed by atoms with Gasteiger partial charge >= 0.3 is 0 Å². The Labute approximate surface area is 76.9 Å². The summed E-state index contributed by atoms with van der Waals surface area (Å²) in [5.74, 6) is 2.67. The lowest BCUT2D eigenvalue weighted by Gasteiger charge is -2.17. The van der Waals surface area contributed by atoms with Crippen LogP contribution >= 0.6 is 0 Å². The molecule has 0 heterocycles. The molecule has 1 heteroatoms. The Kier molecular flexibility index (Phi) is 6.90. The highest BCUT2D eigenvalue weighted by molar-refractivity contribution is 4.88. The van der Waals surface area contributed by atoms with Crippen LogP contribution < -0.4 is 5.32 Å². The summed E-state index contributed by atoms with van der Waals surface area (Å²) in [7, 11) is 0. The molecule has 0 saturated carbocycles. The summed E-state index contributed by atoms with van der Waals surface area (Å²) in [6.45, 7) is 6.59. The molecule has 0 bridgehead atoms. The Bertz CT molecular complexity index is 134. The largest absolute Gasteiger partial charge is 0.311 e. The van der Waals surface area contributed by atoms with Crippen LogP contribution in [0.3, 0.4) is 0 Å². The summed E-state index contributed by atoms with van der Waals surface area (Å²) >= 11 is 0. The molecule has 0 aromatic rings. The van der Waals surface area contributed by atoms with Gasteiger partial charge in [-0.25, -0.2) is 0 Å². The van der Waals surface area contributed by atoms with E-state index in [0.29, 0.717) is 12.1 Å². The third-order valence-corrected chi connectivity index (χ3v) is 1.98. The highest BCUT2D eigenvalue weighted by Gasteiger charge is 2.04. The molecule has 1 N–H and O–H groups in total. The fourth-order valence-electron chi connectivity index (χ4n) is 1.32. The first-order valence-corrected chi connectivity index (χ1v) is 4.90. The molecule has 0 rings (SSSR count). The number of rotatable bonds is 6. The SMILES string of the molecule is C#CCC(C)NC(C)CCCC. The first-order valence-electron chi connectivity index (χ1n) is 4.90. The van der Waals surface area contributed by atoms with Crippen LogP contribution in [0.25, 0.3) is 0 Å². The molecule has 0 amide bonds. The number of unbranched alkanes of at least 4 members (excludes halogenated alkanes) is 1. The van der Waals surface area contributed by atoms with Gasteiger partial charge in [-0.3, -0.25) is 0 Å².